The molecule has 10 heteroatoms. The van der Waals surface area contributed by atoms with Gasteiger partial charge in [-0.05, 0) is 47.5 Å². The predicted octanol–water partition coefficient (Wildman–Crippen LogP) is 7.11. The molecule has 0 saturated carbocycles. The molecule has 0 fully saturated rings. The van der Waals surface area contributed by atoms with Crippen LogP contribution in [0.25, 0.3) is 0 Å². The summed E-state index contributed by atoms with van der Waals surface area (Å²) >= 11 is 0. The van der Waals surface area contributed by atoms with E-state index in [1.54, 1.807) is 47.4 Å². The fraction of sp³-hybridized carbons (Fsp3) is 0.308. The normalized spacial score (nSPS) is 16.0. The molecule has 1 heterocycles. The third-order valence-corrected chi connectivity index (χ3v) is 5.94. The highest BCUT2D eigenvalue weighted by Crippen LogP contribution is 2.42. The number of para-hydroxylation sites is 2. The molecule has 0 bridgehead atoms. The van der Waals surface area contributed by atoms with E-state index >= 15 is 0 Å². The molecule has 0 radical (unpaired) electrons. The van der Waals surface area contributed by atoms with E-state index in [1.165, 1.54) is 25.3 Å². The molecule has 1 atom stereocenters. The van der Waals surface area contributed by atoms with Crippen molar-refractivity contribution in [2.75, 3.05) is 30.0 Å². The number of rotatable bonds is 7. The van der Waals surface area contributed by atoms with Gasteiger partial charge in [0.1, 0.15) is 11.5 Å². The second-order valence-electron chi connectivity index (χ2n) is 8.41. The van der Waals surface area contributed by atoms with Crippen LogP contribution < -0.4 is 19.3 Å². The predicted molar refractivity (Wildman–Crippen MR) is 124 cm³/mol. The Kier molecular flexibility index (Phi) is 7.23. The Balaban J connectivity index is 1.69. The van der Waals surface area contributed by atoms with Crippen LogP contribution in [0.1, 0.15) is 23.6 Å². The van der Waals surface area contributed by atoms with Crippen LogP contribution in [0.5, 0.6) is 11.5 Å². The van der Waals surface area contributed by atoms with Crippen molar-refractivity contribution in [3.8, 4) is 11.5 Å². The lowest BCUT2D eigenvalue weighted by Crippen LogP contribution is -2.44. The first-order valence-electron chi connectivity index (χ1n) is 11.2. The number of anilines is 2. The maximum Gasteiger partial charge on any atom is 0.573 e. The summed E-state index contributed by atoms with van der Waals surface area (Å²) in [6.45, 7) is 0.331. The van der Waals surface area contributed by atoms with Gasteiger partial charge in [0.25, 0.3) is 0 Å². The standard InChI is InChI=1S/C26H24F6N2O2/c1-35-20-11-9-19(10-12-20)24-17-33(16-18-5-4-6-21(15-18)36-26(30,31)32)22-7-2-3-8-23(22)34(24)14-13-25(27,28)29/h2-12,15,24H,13-14,16-17H2,1H3/t24-/m0/s1. The summed E-state index contributed by atoms with van der Waals surface area (Å²) in [5, 5.41) is 0. The van der Waals surface area contributed by atoms with Gasteiger partial charge in [-0.2, -0.15) is 13.2 Å². The SMILES string of the molecule is COc1ccc([C@@H]2CN(Cc3cccc(OC(F)(F)F)c3)c3ccccc3N2CCC(F)(F)F)cc1. The zero-order valence-corrected chi connectivity index (χ0v) is 19.3. The molecule has 1 aliphatic heterocycles. The van der Waals surface area contributed by atoms with Gasteiger partial charge in [-0.1, -0.05) is 36.4 Å². The van der Waals surface area contributed by atoms with Crippen LogP contribution in [0.4, 0.5) is 37.7 Å². The van der Waals surface area contributed by atoms with Crippen molar-refractivity contribution >= 4 is 11.4 Å². The maximum absolute atomic E-state index is 13.2. The molecule has 0 unspecified atom stereocenters. The highest BCUT2D eigenvalue weighted by molar-refractivity contribution is 5.74. The molecule has 192 valence electrons. The lowest BCUT2D eigenvalue weighted by Gasteiger charge is -2.45. The number of hydrogen-bond donors (Lipinski definition) is 0. The number of alkyl halides is 6. The highest BCUT2D eigenvalue weighted by atomic mass is 19.4. The van der Waals surface area contributed by atoms with Crippen LogP contribution in [-0.2, 0) is 6.54 Å². The zero-order chi connectivity index (χ0) is 25.9. The second-order valence-corrected chi connectivity index (χ2v) is 8.41. The third kappa shape index (κ3) is 6.35. The fourth-order valence-corrected chi connectivity index (χ4v) is 4.39. The summed E-state index contributed by atoms with van der Waals surface area (Å²) in [7, 11) is 1.53. The monoisotopic (exact) mass is 510 g/mol. The molecule has 0 aliphatic carbocycles. The molecular formula is C26H24F6N2O2. The first-order chi connectivity index (χ1) is 17.0. The summed E-state index contributed by atoms with van der Waals surface area (Å²) in [6.07, 6.45) is -10.1. The second kappa shape index (κ2) is 10.2. The maximum atomic E-state index is 13.2. The van der Waals surface area contributed by atoms with Crippen molar-refractivity contribution in [1.29, 1.82) is 0 Å². The average Bonchev–Trinajstić information content (AvgIpc) is 2.82. The van der Waals surface area contributed by atoms with Crippen molar-refractivity contribution < 1.29 is 35.8 Å². The van der Waals surface area contributed by atoms with Crippen LogP contribution in [0.2, 0.25) is 0 Å². The highest BCUT2D eigenvalue weighted by Gasteiger charge is 2.35. The van der Waals surface area contributed by atoms with Crippen molar-refractivity contribution in [3.05, 3.63) is 83.9 Å². The first-order valence-corrected chi connectivity index (χ1v) is 11.2. The van der Waals surface area contributed by atoms with Gasteiger partial charge >= 0.3 is 12.5 Å². The molecule has 0 amide bonds. The molecule has 3 aromatic carbocycles. The molecule has 3 aromatic rings. The molecule has 0 saturated heterocycles. The van der Waals surface area contributed by atoms with Gasteiger partial charge in [-0.3, -0.25) is 0 Å². The van der Waals surface area contributed by atoms with Crippen LogP contribution in [-0.4, -0.2) is 32.7 Å². The average molecular weight is 510 g/mol. The number of nitrogens with zero attached hydrogens (tertiary/aromatic N) is 2. The lowest BCUT2D eigenvalue weighted by molar-refractivity contribution is -0.274. The number of methoxy groups -OCH3 is 1. The van der Waals surface area contributed by atoms with E-state index in [2.05, 4.69) is 4.74 Å². The summed E-state index contributed by atoms with van der Waals surface area (Å²) in [6, 6.07) is 19.5. The van der Waals surface area contributed by atoms with Crippen molar-refractivity contribution in [2.45, 2.75) is 31.5 Å². The van der Waals surface area contributed by atoms with E-state index in [4.69, 9.17) is 4.74 Å². The fourth-order valence-electron chi connectivity index (χ4n) is 4.39. The summed E-state index contributed by atoms with van der Waals surface area (Å²) in [4.78, 5) is 3.70. The van der Waals surface area contributed by atoms with Crippen LogP contribution >= 0.6 is 0 Å². The quantitative estimate of drug-likeness (QED) is 0.316. The van der Waals surface area contributed by atoms with Gasteiger partial charge in [0.2, 0.25) is 0 Å². The van der Waals surface area contributed by atoms with Crippen molar-refractivity contribution in [1.82, 2.24) is 0 Å². The Morgan fingerprint density at radius 1 is 0.833 bits per heavy atom. The molecule has 36 heavy (non-hydrogen) atoms. The summed E-state index contributed by atoms with van der Waals surface area (Å²) in [5.74, 6) is 0.291. The first kappa shape index (κ1) is 25.5. The van der Waals surface area contributed by atoms with Gasteiger partial charge in [0.05, 0.1) is 30.9 Å². The van der Waals surface area contributed by atoms with Crippen LogP contribution in [0.3, 0.4) is 0 Å². The lowest BCUT2D eigenvalue weighted by atomic mass is 9.98. The number of ether oxygens (including phenoxy) is 2. The minimum Gasteiger partial charge on any atom is -0.497 e. The smallest absolute Gasteiger partial charge is 0.497 e. The Hall–Kier alpha value is -3.56. The zero-order valence-electron chi connectivity index (χ0n) is 19.3. The Morgan fingerprint density at radius 2 is 1.53 bits per heavy atom. The molecule has 0 aromatic heterocycles. The number of hydrogen-bond acceptors (Lipinski definition) is 4. The van der Waals surface area contributed by atoms with Crippen LogP contribution in [0, 0.1) is 0 Å². The largest absolute Gasteiger partial charge is 0.573 e. The molecule has 0 spiro atoms. The third-order valence-electron chi connectivity index (χ3n) is 5.94. The van der Waals surface area contributed by atoms with Gasteiger partial charge in [0, 0.05) is 19.6 Å². The molecule has 4 rings (SSSR count). The van der Waals surface area contributed by atoms with E-state index in [9.17, 15) is 26.3 Å². The van der Waals surface area contributed by atoms with E-state index < -0.39 is 25.0 Å². The van der Waals surface area contributed by atoms with Crippen LogP contribution in [0.15, 0.2) is 72.8 Å². The minimum atomic E-state index is -4.81. The van der Waals surface area contributed by atoms with E-state index in [1.807, 2.05) is 17.0 Å². The van der Waals surface area contributed by atoms with E-state index in [0.717, 1.165) is 5.56 Å². The number of halogens is 6. The van der Waals surface area contributed by atoms with Crippen molar-refractivity contribution in [2.24, 2.45) is 0 Å². The van der Waals surface area contributed by atoms with Gasteiger partial charge in [0.15, 0.2) is 0 Å². The summed E-state index contributed by atoms with van der Waals surface area (Å²) < 4.78 is 86.9. The number of benzene rings is 3. The van der Waals surface area contributed by atoms with Gasteiger partial charge in [-0.25, -0.2) is 0 Å². The Bertz CT molecular complexity index is 1160. The number of fused-ring (bicyclic) bond motifs is 1. The minimum absolute atomic E-state index is 0.236. The van der Waals surface area contributed by atoms with E-state index in [0.29, 0.717) is 29.2 Å². The van der Waals surface area contributed by atoms with Crippen molar-refractivity contribution in [3.63, 3.8) is 0 Å². The molecular weight excluding hydrogens is 486 g/mol. The molecule has 0 N–H and O–H groups in total. The molecule has 1 aliphatic rings. The summed E-state index contributed by atoms with van der Waals surface area (Å²) in [5.41, 5.74) is 2.69. The van der Waals surface area contributed by atoms with E-state index in [-0.39, 0.29) is 18.8 Å². The molecule has 4 nitrogen and oxygen atoms in total. The Morgan fingerprint density at radius 3 is 2.17 bits per heavy atom. The van der Waals surface area contributed by atoms with Gasteiger partial charge < -0.3 is 19.3 Å². The van der Waals surface area contributed by atoms with Gasteiger partial charge in [-0.15, -0.1) is 13.2 Å². The Labute approximate surface area is 204 Å². The topological polar surface area (TPSA) is 24.9 Å².